The van der Waals surface area contributed by atoms with Crippen LogP contribution < -0.4 is 10.6 Å². The molecular weight excluding hydrogens is 176 g/mol. The number of hydrogen-bond donors (Lipinski definition) is 0. The highest BCUT2D eigenvalue weighted by Gasteiger charge is 2.02. The predicted octanol–water partition coefficient (Wildman–Crippen LogP) is -0.336. The second-order valence-electron chi connectivity index (χ2n) is 2.50. The summed E-state index contributed by atoms with van der Waals surface area (Å²) < 4.78 is 0. The van der Waals surface area contributed by atoms with Gasteiger partial charge in [-0.25, -0.2) is 9.97 Å². The van der Waals surface area contributed by atoms with Gasteiger partial charge in [-0.15, -0.1) is 0 Å². The van der Waals surface area contributed by atoms with E-state index in [0.717, 1.165) is 5.22 Å². The molecule has 0 aliphatic heterocycles. The minimum Gasteiger partial charge on any atom is -0.294 e. The molecule has 1 heterocycles. The highest BCUT2D eigenvalue weighted by atomic mass is 35.5. The van der Waals surface area contributed by atoms with Gasteiger partial charge >= 0.3 is 0 Å². The molecule has 2 rings (SSSR count). The Balaban J connectivity index is 2.81. The largest absolute Gasteiger partial charge is 0.294 e. The van der Waals surface area contributed by atoms with E-state index in [-0.39, 0.29) is 11.1 Å². The highest BCUT2D eigenvalue weighted by molar-refractivity contribution is 6.28. The first kappa shape index (κ1) is 7.43. The van der Waals surface area contributed by atoms with E-state index in [2.05, 4.69) is 9.97 Å². The van der Waals surface area contributed by atoms with E-state index < -0.39 is 0 Å². The lowest BCUT2D eigenvalue weighted by molar-refractivity contribution is -0.112. The Morgan fingerprint density at radius 3 is 3.17 bits per heavy atom. The van der Waals surface area contributed by atoms with E-state index in [9.17, 15) is 4.79 Å². The number of fused-ring (bicyclic) bond motifs is 1. The second kappa shape index (κ2) is 2.68. The molecule has 0 atom stereocenters. The van der Waals surface area contributed by atoms with Crippen LogP contribution in [0.1, 0.15) is 6.42 Å². The standard InChI is InChI=1S/C8H5ClN2O/c9-8-10-4-5-1-2-6(12)3-7(5)11-8/h1,3-4H,2H2. The lowest BCUT2D eigenvalue weighted by Gasteiger charge is -1.96. The third-order valence-corrected chi connectivity index (χ3v) is 1.82. The number of halogens is 1. The minimum absolute atomic E-state index is 0.0530. The maximum atomic E-state index is 10.9. The molecule has 12 heavy (non-hydrogen) atoms. The van der Waals surface area contributed by atoms with Crippen LogP contribution in [0.15, 0.2) is 6.20 Å². The fourth-order valence-electron chi connectivity index (χ4n) is 1.08. The molecule has 1 aliphatic carbocycles. The average molecular weight is 181 g/mol. The molecule has 0 unspecified atom stereocenters. The summed E-state index contributed by atoms with van der Waals surface area (Å²) in [5, 5.41) is 1.67. The van der Waals surface area contributed by atoms with Crippen molar-refractivity contribution in [2.75, 3.05) is 0 Å². The van der Waals surface area contributed by atoms with Crippen molar-refractivity contribution in [1.82, 2.24) is 9.97 Å². The van der Waals surface area contributed by atoms with E-state index in [0.29, 0.717) is 11.8 Å². The molecule has 0 spiro atoms. The molecule has 0 amide bonds. The number of rotatable bonds is 0. The van der Waals surface area contributed by atoms with Crippen LogP contribution in [0, 0.1) is 0 Å². The van der Waals surface area contributed by atoms with E-state index in [1.54, 1.807) is 12.3 Å². The molecule has 0 fully saturated rings. The second-order valence-corrected chi connectivity index (χ2v) is 2.84. The number of aromatic nitrogens is 2. The van der Waals surface area contributed by atoms with Gasteiger partial charge in [0.05, 0.1) is 5.35 Å². The summed E-state index contributed by atoms with van der Waals surface area (Å²) in [5.41, 5.74) is 0. The van der Waals surface area contributed by atoms with Gasteiger partial charge in [-0.3, -0.25) is 4.79 Å². The van der Waals surface area contributed by atoms with Crippen LogP contribution in [0.5, 0.6) is 0 Å². The molecule has 0 aromatic carbocycles. The number of carbonyl (C=O) groups excluding carboxylic acids is 1. The van der Waals surface area contributed by atoms with Gasteiger partial charge in [0.1, 0.15) is 0 Å². The van der Waals surface area contributed by atoms with Crippen LogP contribution in [0.4, 0.5) is 0 Å². The average Bonchev–Trinajstić information content (AvgIpc) is 2.03. The fourth-order valence-corrected chi connectivity index (χ4v) is 1.22. The third-order valence-electron chi connectivity index (χ3n) is 1.64. The van der Waals surface area contributed by atoms with Gasteiger partial charge in [0.2, 0.25) is 5.28 Å². The number of hydrogen-bond acceptors (Lipinski definition) is 3. The first-order valence-electron chi connectivity index (χ1n) is 3.49. The molecule has 0 saturated heterocycles. The Morgan fingerprint density at radius 2 is 2.33 bits per heavy atom. The number of ketones is 1. The molecule has 0 N–H and O–H groups in total. The summed E-state index contributed by atoms with van der Waals surface area (Å²) >= 11 is 5.56. The molecule has 1 aromatic rings. The van der Waals surface area contributed by atoms with Crippen molar-refractivity contribution in [3.63, 3.8) is 0 Å². The van der Waals surface area contributed by atoms with Gasteiger partial charge in [0, 0.05) is 23.9 Å². The minimum atomic E-state index is 0.0530. The molecule has 1 aromatic heterocycles. The van der Waals surface area contributed by atoms with E-state index in [4.69, 9.17) is 11.6 Å². The first-order chi connectivity index (χ1) is 5.75. The van der Waals surface area contributed by atoms with Gasteiger partial charge < -0.3 is 0 Å². The molecule has 1 aliphatic rings. The Hall–Kier alpha value is -1.22. The monoisotopic (exact) mass is 180 g/mol. The molecule has 60 valence electrons. The normalized spacial score (nSPS) is 14.6. The zero-order chi connectivity index (χ0) is 8.55. The Bertz CT molecular complexity index is 453. The summed E-state index contributed by atoms with van der Waals surface area (Å²) in [7, 11) is 0. The Kier molecular flexibility index (Phi) is 1.66. The van der Waals surface area contributed by atoms with Crippen molar-refractivity contribution < 1.29 is 4.79 Å². The van der Waals surface area contributed by atoms with E-state index in [1.165, 1.54) is 6.08 Å². The number of carbonyl (C=O) groups is 1. The lowest BCUT2D eigenvalue weighted by atomic mass is 10.1. The van der Waals surface area contributed by atoms with Gasteiger partial charge in [0.15, 0.2) is 5.78 Å². The van der Waals surface area contributed by atoms with Crippen LogP contribution in [-0.2, 0) is 4.79 Å². The van der Waals surface area contributed by atoms with Crippen molar-refractivity contribution in [2.45, 2.75) is 6.42 Å². The quantitative estimate of drug-likeness (QED) is 0.514. The van der Waals surface area contributed by atoms with Crippen molar-refractivity contribution in [3.05, 3.63) is 22.0 Å². The van der Waals surface area contributed by atoms with Gasteiger partial charge in [-0.2, -0.15) is 0 Å². The fraction of sp³-hybridized carbons (Fsp3) is 0.125. The molecule has 0 radical (unpaired) electrons. The summed E-state index contributed by atoms with van der Waals surface area (Å²) in [6.07, 6.45) is 5.34. The van der Waals surface area contributed by atoms with E-state index >= 15 is 0 Å². The summed E-state index contributed by atoms with van der Waals surface area (Å²) in [5.74, 6) is 0.0530. The molecule has 4 heteroatoms. The Labute approximate surface area is 73.4 Å². The third kappa shape index (κ3) is 1.23. The van der Waals surface area contributed by atoms with Crippen molar-refractivity contribution in [1.29, 1.82) is 0 Å². The van der Waals surface area contributed by atoms with Gasteiger partial charge in [-0.1, -0.05) is 6.08 Å². The van der Waals surface area contributed by atoms with E-state index in [1.807, 2.05) is 0 Å². The molecule has 0 bridgehead atoms. The lowest BCUT2D eigenvalue weighted by Crippen LogP contribution is -2.32. The van der Waals surface area contributed by atoms with Crippen LogP contribution in [0.25, 0.3) is 12.2 Å². The zero-order valence-electron chi connectivity index (χ0n) is 6.12. The molecule has 0 saturated carbocycles. The number of nitrogens with zero attached hydrogens (tertiary/aromatic N) is 2. The van der Waals surface area contributed by atoms with Gasteiger partial charge in [0.25, 0.3) is 0 Å². The number of Topliss-reactive ketones (excluding diaryl/α,β-unsaturated/α-hetero) is 1. The summed E-state index contributed by atoms with van der Waals surface area (Å²) in [6, 6.07) is 0. The summed E-state index contributed by atoms with van der Waals surface area (Å²) in [6.45, 7) is 0. The zero-order valence-corrected chi connectivity index (χ0v) is 6.88. The smallest absolute Gasteiger partial charge is 0.222 e. The highest BCUT2D eigenvalue weighted by Crippen LogP contribution is 1.93. The predicted molar refractivity (Wildman–Crippen MR) is 44.8 cm³/mol. The van der Waals surface area contributed by atoms with Crippen LogP contribution >= 0.6 is 11.6 Å². The maximum absolute atomic E-state index is 10.9. The first-order valence-corrected chi connectivity index (χ1v) is 3.87. The van der Waals surface area contributed by atoms with Crippen molar-refractivity contribution in [2.24, 2.45) is 0 Å². The van der Waals surface area contributed by atoms with Crippen LogP contribution in [-0.4, -0.2) is 15.8 Å². The summed E-state index contributed by atoms with van der Waals surface area (Å²) in [4.78, 5) is 18.7. The van der Waals surface area contributed by atoms with Gasteiger partial charge in [-0.05, 0) is 11.6 Å². The topological polar surface area (TPSA) is 42.9 Å². The van der Waals surface area contributed by atoms with Crippen LogP contribution in [0.3, 0.4) is 0 Å². The maximum Gasteiger partial charge on any atom is 0.222 e. The Morgan fingerprint density at radius 1 is 1.50 bits per heavy atom. The molecular formula is C8H5ClN2O. The van der Waals surface area contributed by atoms with Crippen molar-refractivity contribution in [3.8, 4) is 0 Å². The van der Waals surface area contributed by atoms with Crippen molar-refractivity contribution >= 4 is 29.5 Å². The SMILES string of the molecule is O=C1C=c2nc(Cl)ncc2=CC1. The molecule has 3 nitrogen and oxygen atoms in total. The van der Waals surface area contributed by atoms with Crippen LogP contribution in [0.2, 0.25) is 5.28 Å².